The highest BCUT2D eigenvalue weighted by molar-refractivity contribution is 7.89. The molecule has 0 amide bonds. The molecular weight excluding hydrogens is 296 g/mol. The molecule has 9 heteroatoms. The fourth-order valence-corrected chi connectivity index (χ4v) is 4.01. The van der Waals surface area contributed by atoms with E-state index < -0.39 is 14.9 Å². The van der Waals surface area contributed by atoms with Crippen LogP contribution in [0, 0.1) is 16.0 Å². The van der Waals surface area contributed by atoms with E-state index in [0.29, 0.717) is 19.0 Å². The number of hydrogen-bond donors (Lipinski definition) is 2. The van der Waals surface area contributed by atoms with E-state index in [1.165, 1.54) is 16.4 Å². The van der Waals surface area contributed by atoms with Crippen LogP contribution in [0.5, 0.6) is 0 Å². The lowest BCUT2D eigenvalue weighted by Gasteiger charge is -2.17. The second kappa shape index (κ2) is 5.96. The van der Waals surface area contributed by atoms with Crippen molar-refractivity contribution in [1.29, 1.82) is 0 Å². The van der Waals surface area contributed by atoms with Crippen molar-refractivity contribution in [3.63, 3.8) is 0 Å². The molecule has 21 heavy (non-hydrogen) atoms. The van der Waals surface area contributed by atoms with Gasteiger partial charge in [-0.1, -0.05) is 13.3 Å². The molecule has 1 aromatic carbocycles. The second-order valence-corrected chi connectivity index (χ2v) is 6.94. The number of hydrogen-bond acceptors (Lipinski definition) is 6. The summed E-state index contributed by atoms with van der Waals surface area (Å²) in [5.41, 5.74) is 1.89. The number of nitrogens with one attached hydrogen (secondary N) is 1. The average Bonchev–Trinajstić information content (AvgIpc) is 2.96. The Hall–Kier alpha value is -1.71. The van der Waals surface area contributed by atoms with Gasteiger partial charge in [0.2, 0.25) is 10.0 Å². The number of benzene rings is 1. The lowest BCUT2D eigenvalue weighted by Crippen LogP contribution is -2.29. The number of rotatable bonds is 5. The highest BCUT2D eigenvalue weighted by Crippen LogP contribution is 2.30. The molecule has 2 rings (SSSR count). The molecule has 0 saturated carbocycles. The molecule has 1 heterocycles. The molecule has 1 aliphatic rings. The largest absolute Gasteiger partial charge is 0.318 e. The van der Waals surface area contributed by atoms with Crippen LogP contribution in [0.1, 0.15) is 19.8 Å². The number of hydrazine groups is 1. The number of nitro groups is 1. The third kappa shape index (κ3) is 2.99. The Labute approximate surface area is 123 Å². The van der Waals surface area contributed by atoms with Crippen LogP contribution < -0.4 is 11.3 Å². The molecule has 3 N–H and O–H groups in total. The Balaban J connectivity index is 2.35. The van der Waals surface area contributed by atoms with Crippen LogP contribution in [0.25, 0.3) is 0 Å². The van der Waals surface area contributed by atoms with E-state index in [-0.39, 0.29) is 16.3 Å². The molecule has 8 nitrogen and oxygen atoms in total. The normalized spacial score (nSPS) is 19.6. The van der Waals surface area contributed by atoms with Gasteiger partial charge >= 0.3 is 0 Å². The first-order valence-electron chi connectivity index (χ1n) is 6.65. The number of nitrogen functional groups attached to an aromatic ring is 1. The molecule has 1 aliphatic heterocycles. The van der Waals surface area contributed by atoms with Crippen molar-refractivity contribution in [2.75, 3.05) is 18.5 Å². The molecule has 0 spiro atoms. The maximum absolute atomic E-state index is 12.5. The second-order valence-electron chi connectivity index (χ2n) is 5.01. The van der Waals surface area contributed by atoms with Gasteiger partial charge < -0.3 is 5.43 Å². The molecular formula is C12H18N4O4S. The SMILES string of the molecule is CCC1CCN(S(=O)(=O)c2ccc([N+](=O)[O-])c(NN)c2)C1. The van der Waals surface area contributed by atoms with Crippen LogP contribution in [-0.4, -0.2) is 30.7 Å². The fraction of sp³-hybridized carbons (Fsp3) is 0.500. The third-order valence-corrected chi connectivity index (χ3v) is 5.65. The van der Waals surface area contributed by atoms with Gasteiger partial charge in [0.25, 0.3) is 5.69 Å². The molecule has 1 unspecified atom stereocenters. The third-order valence-electron chi connectivity index (χ3n) is 3.78. The van der Waals surface area contributed by atoms with E-state index in [0.717, 1.165) is 18.9 Å². The average molecular weight is 314 g/mol. The van der Waals surface area contributed by atoms with Crippen molar-refractivity contribution in [3.8, 4) is 0 Å². The van der Waals surface area contributed by atoms with Gasteiger partial charge in [-0.25, -0.2) is 8.42 Å². The molecule has 0 bridgehead atoms. The molecule has 1 atom stereocenters. The lowest BCUT2D eigenvalue weighted by atomic mass is 10.1. The quantitative estimate of drug-likeness (QED) is 0.480. The molecule has 0 radical (unpaired) electrons. The van der Waals surface area contributed by atoms with Crippen molar-refractivity contribution >= 4 is 21.4 Å². The first kappa shape index (κ1) is 15.7. The predicted octanol–water partition coefficient (Wildman–Crippen LogP) is 1.30. The highest BCUT2D eigenvalue weighted by atomic mass is 32.2. The minimum atomic E-state index is -3.64. The van der Waals surface area contributed by atoms with Crippen LogP contribution >= 0.6 is 0 Å². The van der Waals surface area contributed by atoms with E-state index in [2.05, 4.69) is 5.43 Å². The smallest absolute Gasteiger partial charge is 0.293 e. The Kier molecular flexibility index (Phi) is 4.45. The summed E-state index contributed by atoms with van der Waals surface area (Å²) in [4.78, 5) is 10.2. The first-order valence-corrected chi connectivity index (χ1v) is 8.09. The summed E-state index contributed by atoms with van der Waals surface area (Å²) in [7, 11) is -3.64. The van der Waals surface area contributed by atoms with Gasteiger partial charge in [0.05, 0.1) is 9.82 Å². The number of nitrogens with two attached hydrogens (primary N) is 1. The van der Waals surface area contributed by atoms with Crippen LogP contribution in [0.2, 0.25) is 0 Å². The molecule has 1 fully saturated rings. The molecule has 1 aromatic rings. The lowest BCUT2D eigenvalue weighted by molar-refractivity contribution is -0.384. The first-order chi connectivity index (χ1) is 9.90. The number of nitro benzene ring substituents is 1. The van der Waals surface area contributed by atoms with Crippen LogP contribution in [0.3, 0.4) is 0 Å². The van der Waals surface area contributed by atoms with Gasteiger partial charge in [-0.15, -0.1) is 0 Å². The predicted molar refractivity (Wildman–Crippen MR) is 78.1 cm³/mol. The van der Waals surface area contributed by atoms with E-state index in [9.17, 15) is 18.5 Å². The van der Waals surface area contributed by atoms with E-state index in [1.54, 1.807) is 0 Å². The highest BCUT2D eigenvalue weighted by Gasteiger charge is 2.32. The summed E-state index contributed by atoms with van der Waals surface area (Å²) in [5, 5.41) is 10.8. The Bertz CT molecular complexity index is 647. The molecule has 0 aromatic heterocycles. The fourth-order valence-electron chi connectivity index (χ4n) is 2.45. The van der Waals surface area contributed by atoms with Crippen molar-refractivity contribution < 1.29 is 13.3 Å². The van der Waals surface area contributed by atoms with Gasteiger partial charge in [0, 0.05) is 19.2 Å². The van der Waals surface area contributed by atoms with Crippen LogP contribution in [0.4, 0.5) is 11.4 Å². The minimum absolute atomic E-state index is 0.0119. The molecule has 1 saturated heterocycles. The van der Waals surface area contributed by atoms with Crippen molar-refractivity contribution in [2.24, 2.45) is 11.8 Å². The topological polar surface area (TPSA) is 119 Å². The van der Waals surface area contributed by atoms with Crippen molar-refractivity contribution in [1.82, 2.24) is 4.31 Å². The minimum Gasteiger partial charge on any atom is -0.318 e. The van der Waals surface area contributed by atoms with E-state index in [1.807, 2.05) is 6.92 Å². The van der Waals surface area contributed by atoms with E-state index >= 15 is 0 Å². The van der Waals surface area contributed by atoms with Crippen molar-refractivity contribution in [3.05, 3.63) is 28.3 Å². The van der Waals surface area contributed by atoms with Crippen molar-refractivity contribution in [2.45, 2.75) is 24.7 Å². The summed E-state index contributed by atoms with van der Waals surface area (Å²) in [6.07, 6.45) is 1.77. The zero-order chi connectivity index (χ0) is 15.6. The summed E-state index contributed by atoms with van der Waals surface area (Å²) in [5.74, 6) is 5.60. The maximum Gasteiger partial charge on any atom is 0.293 e. The number of nitrogens with zero attached hydrogens (tertiary/aromatic N) is 2. The van der Waals surface area contributed by atoms with Gasteiger partial charge in [-0.2, -0.15) is 4.31 Å². The molecule has 116 valence electrons. The zero-order valence-electron chi connectivity index (χ0n) is 11.7. The number of anilines is 1. The maximum atomic E-state index is 12.5. The van der Waals surface area contributed by atoms with Gasteiger partial charge in [-0.05, 0) is 24.5 Å². The Morgan fingerprint density at radius 2 is 2.24 bits per heavy atom. The van der Waals surface area contributed by atoms with Gasteiger partial charge in [0.1, 0.15) is 5.69 Å². The number of sulfonamides is 1. The molecule has 0 aliphatic carbocycles. The summed E-state index contributed by atoms with van der Waals surface area (Å²) in [6, 6.07) is 3.59. The Morgan fingerprint density at radius 3 is 2.76 bits per heavy atom. The standard InChI is InChI=1S/C12H18N4O4S/c1-2-9-5-6-15(8-9)21(19,20)10-3-4-12(16(17)18)11(7-10)14-13/h3-4,7,9,14H,2,5-6,8,13H2,1H3. The zero-order valence-corrected chi connectivity index (χ0v) is 12.5. The van der Waals surface area contributed by atoms with Gasteiger partial charge in [0.15, 0.2) is 0 Å². The summed E-state index contributed by atoms with van der Waals surface area (Å²) in [6.45, 7) is 2.99. The monoisotopic (exact) mass is 314 g/mol. The Morgan fingerprint density at radius 1 is 1.52 bits per heavy atom. The summed E-state index contributed by atoms with van der Waals surface area (Å²) < 4.78 is 26.5. The van der Waals surface area contributed by atoms with Crippen LogP contribution in [-0.2, 0) is 10.0 Å². The van der Waals surface area contributed by atoms with Crippen LogP contribution in [0.15, 0.2) is 23.1 Å². The van der Waals surface area contributed by atoms with E-state index in [4.69, 9.17) is 5.84 Å². The summed E-state index contributed by atoms with van der Waals surface area (Å²) >= 11 is 0. The van der Waals surface area contributed by atoms with Gasteiger partial charge in [-0.3, -0.25) is 16.0 Å².